The molecule has 0 bridgehead atoms. The number of fused-ring (bicyclic) bond motifs is 1. The molecule has 0 radical (unpaired) electrons. The zero-order valence-corrected chi connectivity index (χ0v) is 17.4. The zero-order chi connectivity index (χ0) is 19.9. The number of pyridine rings is 1. The van der Waals surface area contributed by atoms with E-state index in [9.17, 15) is 9.90 Å². The Labute approximate surface area is 170 Å². The van der Waals surface area contributed by atoms with Crippen LogP contribution in [0.4, 0.5) is 0 Å². The average molecular weight is 398 g/mol. The molecule has 2 fully saturated rings. The van der Waals surface area contributed by atoms with Gasteiger partial charge in [-0.1, -0.05) is 32.4 Å². The van der Waals surface area contributed by atoms with Gasteiger partial charge < -0.3 is 9.84 Å². The average Bonchev–Trinajstić information content (AvgIpc) is 3.27. The van der Waals surface area contributed by atoms with Crippen LogP contribution in [0.3, 0.4) is 0 Å². The van der Waals surface area contributed by atoms with Gasteiger partial charge in [-0.05, 0) is 60.8 Å². The molecule has 1 aliphatic carbocycles. The topological polar surface area (TPSA) is 59.4 Å². The number of ether oxygens (including phenoxy) is 1. The number of carbonyl (C=O) groups is 1. The summed E-state index contributed by atoms with van der Waals surface area (Å²) >= 11 is 1.70. The number of hydrogen-bond acceptors (Lipinski definition) is 5. The molecule has 1 aliphatic heterocycles. The van der Waals surface area contributed by atoms with Gasteiger partial charge in [-0.3, -0.25) is 4.98 Å². The standard InChI is InChI=1S/C23H27NO3S/c1-4-18-14(2)12-23(26)21(15(3)27-22(23)25)19(18)10-9-17-8-7-16(13-24-17)20-6-5-11-28-20/h5-11,13-15,18-19,21,26H,4,12H2,1-3H3/b10-9+/t14?,15-,18?,19?,21?,23?/m1/s1. The van der Waals surface area contributed by atoms with Crippen molar-refractivity contribution in [2.45, 2.75) is 45.3 Å². The molecule has 2 aromatic rings. The first-order valence-corrected chi connectivity index (χ1v) is 10.9. The van der Waals surface area contributed by atoms with Gasteiger partial charge in [-0.15, -0.1) is 11.3 Å². The van der Waals surface area contributed by atoms with Crippen molar-refractivity contribution >= 4 is 23.4 Å². The SMILES string of the molecule is CCC1C(C)CC2(O)C(=O)O[C@H](C)C2C1/C=C/c1ccc(-c2cccs2)cn1. The van der Waals surface area contributed by atoms with Crippen LogP contribution in [0.15, 0.2) is 41.9 Å². The van der Waals surface area contributed by atoms with Crippen molar-refractivity contribution in [1.29, 1.82) is 0 Å². The number of thiophene rings is 1. The molecule has 3 heterocycles. The first-order chi connectivity index (χ1) is 13.4. The molecule has 4 rings (SSSR count). The second-order valence-electron chi connectivity index (χ2n) is 8.20. The van der Waals surface area contributed by atoms with Crippen molar-refractivity contribution in [3.8, 4) is 10.4 Å². The summed E-state index contributed by atoms with van der Waals surface area (Å²) < 4.78 is 5.45. The lowest BCUT2D eigenvalue weighted by Crippen LogP contribution is -2.53. The van der Waals surface area contributed by atoms with E-state index in [4.69, 9.17) is 4.74 Å². The van der Waals surface area contributed by atoms with Gasteiger partial charge in [-0.25, -0.2) is 4.79 Å². The molecule has 1 N–H and O–H groups in total. The molecule has 0 spiro atoms. The molecular weight excluding hydrogens is 370 g/mol. The second-order valence-corrected chi connectivity index (χ2v) is 9.15. The maximum atomic E-state index is 12.3. The number of nitrogens with zero attached hydrogens (tertiary/aromatic N) is 1. The van der Waals surface area contributed by atoms with Crippen molar-refractivity contribution in [1.82, 2.24) is 4.98 Å². The van der Waals surface area contributed by atoms with E-state index < -0.39 is 11.6 Å². The Balaban J connectivity index is 1.61. The summed E-state index contributed by atoms with van der Waals surface area (Å²) in [6.07, 6.45) is 7.28. The van der Waals surface area contributed by atoms with E-state index >= 15 is 0 Å². The van der Waals surface area contributed by atoms with Crippen LogP contribution in [0.5, 0.6) is 0 Å². The summed E-state index contributed by atoms with van der Waals surface area (Å²) in [4.78, 5) is 18.1. The molecule has 1 saturated heterocycles. The van der Waals surface area contributed by atoms with Crippen LogP contribution in [-0.2, 0) is 9.53 Å². The van der Waals surface area contributed by atoms with Crippen molar-refractivity contribution in [3.05, 3.63) is 47.6 Å². The van der Waals surface area contributed by atoms with Crippen LogP contribution in [-0.4, -0.2) is 27.8 Å². The minimum Gasteiger partial charge on any atom is -0.460 e. The summed E-state index contributed by atoms with van der Waals surface area (Å²) in [5.41, 5.74) is 0.633. The Kier molecular flexibility index (Phi) is 5.15. The molecule has 6 atom stereocenters. The molecule has 0 amide bonds. The number of allylic oxidation sites excluding steroid dienone is 1. The predicted molar refractivity (Wildman–Crippen MR) is 112 cm³/mol. The Hall–Kier alpha value is -1.98. The lowest BCUT2D eigenvalue weighted by Gasteiger charge is -2.45. The van der Waals surface area contributed by atoms with E-state index in [0.29, 0.717) is 12.3 Å². The summed E-state index contributed by atoms with van der Waals surface area (Å²) in [6.45, 7) is 6.22. The summed E-state index contributed by atoms with van der Waals surface area (Å²) in [5, 5.41) is 13.2. The number of rotatable bonds is 4. The maximum absolute atomic E-state index is 12.3. The molecule has 0 aromatic carbocycles. The molecule has 2 aromatic heterocycles. The lowest BCUT2D eigenvalue weighted by atomic mass is 9.59. The van der Waals surface area contributed by atoms with Crippen LogP contribution < -0.4 is 0 Å². The largest absolute Gasteiger partial charge is 0.460 e. The summed E-state index contributed by atoms with van der Waals surface area (Å²) in [7, 11) is 0. The number of esters is 1. The fraction of sp³-hybridized carbons (Fsp3) is 0.478. The van der Waals surface area contributed by atoms with E-state index in [2.05, 4.69) is 42.4 Å². The van der Waals surface area contributed by atoms with E-state index in [1.165, 1.54) is 4.88 Å². The minimum absolute atomic E-state index is 0.0824. The predicted octanol–water partition coefficient (Wildman–Crippen LogP) is 4.80. The Morgan fingerprint density at radius 1 is 1.36 bits per heavy atom. The molecule has 4 nitrogen and oxygen atoms in total. The molecule has 2 aliphatic rings. The van der Waals surface area contributed by atoms with E-state index in [1.807, 2.05) is 31.3 Å². The fourth-order valence-electron chi connectivity index (χ4n) is 5.25. The minimum atomic E-state index is -1.37. The number of aliphatic hydroxyl groups is 1. The van der Waals surface area contributed by atoms with Crippen molar-refractivity contribution in [2.75, 3.05) is 0 Å². The molecule has 148 valence electrons. The quantitative estimate of drug-likeness (QED) is 0.753. The highest BCUT2D eigenvalue weighted by Crippen LogP contribution is 2.52. The highest BCUT2D eigenvalue weighted by atomic mass is 32.1. The fourth-order valence-corrected chi connectivity index (χ4v) is 5.96. The number of aromatic nitrogens is 1. The van der Waals surface area contributed by atoms with Gasteiger partial charge in [0, 0.05) is 22.6 Å². The summed E-state index contributed by atoms with van der Waals surface area (Å²) in [5.74, 6) is 0.0850. The molecule has 5 heteroatoms. The maximum Gasteiger partial charge on any atom is 0.338 e. The van der Waals surface area contributed by atoms with E-state index in [0.717, 1.165) is 17.7 Å². The van der Waals surface area contributed by atoms with Gasteiger partial charge in [0.25, 0.3) is 0 Å². The number of carbonyl (C=O) groups excluding carboxylic acids is 1. The third-order valence-electron chi connectivity index (χ3n) is 6.53. The van der Waals surface area contributed by atoms with Crippen LogP contribution in [0.2, 0.25) is 0 Å². The zero-order valence-electron chi connectivity index (χ0n) is 16.5. The second kappa shape index (κ2) is 7.45. The lowest BCUT2D eigenvalue weighted by molar-refractivity contribution is -0.160. The van der Waals surface area contributed by atoms with E-state index in [1.54, 1.807) is 11.3 Å². The van der Waals surface area contributed by atoms with Crippen LogP contribution >= 0.6 is 11.3 Å². The van der Waals surface area contributed by atoms with Gasteiger partial charge in [0.1, 0.15) is 6.10 Å². The smallest absolute Gasteiger partial charge is 0.338 e. The number of cyclic esters (lactones) is 1. The van der Waals surface area contributed by atoms with Crippen molar-refractivity contribution < 1.29 is 14.6 Å². The Bertz CT molecular complexity index is 860. The number of hydrogen-bond donors (Lipinski definition) is 1. The highest BCUT2D eigenvalue weighted by molar-refractivity contribution is 7.13. The molecule has 28 heavy (non-hydrogen) atoms. The van der Waals surface area contributed by atoms with Crippen molar-refractivity contribution in [2.24, 2.45) is 23.7 Å². The van der Waals surface area contributed by atoms with Gasteiger partial charge in [0.2, 0.25) is 0 Å². The van der Waals surface area contributed by atoms with Crippen LogP contribution in [0.1, 0.15) is 39.3 Å². The monoisotopic (exact) mass is 397 g/mol. The third-order valence-corrected chi connectivity index (χ3v) is 7.45. The van der Waals surface area contributed by atoms with Crippen LogP contribution in [0, 0.1) is 23.7 Å². The Morgan fingerprint density at radius 3 is 2.82 bits per heavy atom. The first-order valence-electron chi connectivity index (χ1n) is 10.1. The van der Waals surface area contributed by atoms with Crippen LogP contribution in [0.25, 0.3) is 16.5 Å². The van der Waals surface area contributed by atoms with Gasteiger partial charge in [-0.2, -0.15) is 0 Å². The van der Waals surface area contributed by atoms with Gasteiger partial charge >= 0.3 is 5.97 Å². The van der Waals surface area contributed by atoms with Crippen molar-refractivity contribution in [3.63, 3.8) is 0 Å². The first kappa shape index (κ1) is 19.3. The highest BCUT2D eigenvalue weighted by Gasteiger charge is 2.62. The molecule has 5 unspecified atom stereocenters. The molecule has 1 saturated carbocycles. The Morgan fingerprint density at radius 2 is 2.18 bits per heavy atom. The summed E-state index contributed by atoms with van der Waals surface area (Å²) in [6, 6.07) is 8.23. The van der Waals surface area contributed by atoms with E-state index in [-0.39, 0.29) is 23.9 Å². The third kappa shape index (κ3) is 3.20. The normalized spacial score (nSPS) is 35.1. The van der Waals surface area contributed by atoms with Gasteiger partial charge in [0.15, 0.2) is 5.60 Å². The molecular formula is C23H27NO3S. The van der Waals surface area contributed by atoms with Gasteiger partial charge in [0.05, 0.1) is 5.69 Å².